The summed E-state index contributed by atoms with van der Waals surface area (Å²) in [6.45, 7) is 2.86. The fraction of sp³-hybridized carbons (Fsp3) is 0.500. The van der Waals surface area contributed by atoms with Crippen LogP contribution in [0.25, 0.3) is 0 Å². The Morgan fingerprint density at radius 3 is 2.45 bits per heavy atom. The summed E-state index contributed by atoms with van der Waals surface area (Å²) in [6.07, 6.45) is 0. The number of nitrogens with zero attached hydrogens (tertiary/aromatic N) is 1. The maximum absolute atomic E-state index is 12.6. The van der Waals surface area contributed by atoms with Crippen molar-refractivity contribution in [2.75, 3.05) is 26.8 Å². The maximum Gasteiger partial charge on any atom is 0.244 e. The van der Waals surface area contributed by atoms with E-state index in [4.69, 9.17) is 15.2 Å². The van der Waals surface area contributed by atoms with Gasteiger partial charge in [-0.05, 0) is 28.9 Å². The molecule has 0 fully saturated rings. The lowest BCUT2D eigenvalue weighted by Crippen LogP contribution is -2.39. The van der Waals surface area contributed by atoms with Gasteiger partial charge < -0.3 is 15.2 Å². The number of ether oxygens (including phenoxy) is 2. The zero-order valence-electron chi connectivity index (χ0n) is 11.3. The molecule has 2 rings (SSSR count). The van der Waals surface area contributed by atoms with Crippen LogP contribution < -0.4 is 15.2 Å². The average molecular weight is 365 g/mol. The molecule has 8 heteroatoms. The third-order valence-electron chi connectivity index (χ3n) is 3.22. The molecular formula is C12H17BrN2O4S. The lowest BCUT2D eigenvalue weighted by Gasteiger charge is -2.25. The van der Waals surface area contributed by atoms with E-state index >= 15 is 0 Å². The van der Waals surface area contributed by atoms with E-state index in [9.17, 15) is 8.42 Å². The van der Waals surface area contributed by atoms with E-state index in [-0.39, 0.29) is 17.5 Å². The van der Waals surface area contributed by atoms with Gasteiger partial charge in [-0.2, -0.15) is 4.31 Å². The first kappa shape index (κ1) is 15.6. The molecule has 20 heavy (non-hydrogen) atoms. The molecule has 0 aromatic heterocycles. The Morgan fingerprint density at radius 2 is 1.90 bits per heavy atom. The third-order valence-corrected chi connectivity index (χ3v) is 6.15. The molecule has 0 aliphatic carbocycles. The molecule has 1 heterocycles. The summed E-state index contributed by atoms with van der Waals surface area (Å²) in [6, 6.07) is 2.80. The Labute approximate surface area is 127 Å². The molecule has 1 aliphatic heterocycles. The molecule has 0 radical (unpaired) electrons. The predicted octanol–water partition coefficient (Wildman–Crippen LogP) is 1.19. The zero-order chi connectivity index (χ0) is 14.9. The van der Waals surface area contributed by atoms with Crippen LogP contribution in [0.3, 0.4) is 0 Å². The second-order valence-electron chi connectivity index (χ2n) is 4.53. The van der Waals surface area contributed by atoms with Crippen LogP contribution in [-0.4, -0.2) is 45.6 Å². The summed E-state index contributed by atoms with van der Waals surface area (Å²) in [5.41, 5.74) is 5.53. The third kappa shape index (κ3) is 2.78. The molecule has 0 amide bonds. The Hall–Kier alpha value is -0.830. The second kappa shape index (κ2) is 5.88. The molecule has 1 aromatic carbocycles. The number of hydrogen-bond donors (Lipinski definition) is 1. The van der Waals surface area contributed by atoms with Gasteiger partial charge >= 0.3 is 0 Å². The van der Waals surface area contributed by atoms with E-state index in [2.05, 4.69) is 15.9 Å². The normalized spacial score (nSPS) is 16.2. The largest absolute Gasteiger partial charge is 0.486 e. The fourth-order valence-corrected chi connectivity index (χ4v) is 4.15. The average Bonchev–Trinajstić information content (AvgIpc) is 2.44. The number of fused-ring (bicyclic) bond motifs is 1. The molecule has 6 nitrogen and oxygen atoms in total. The number of likely N-dealkylation sites (N-methyl/N-ethyl adjacent to an activating group) is 1. The van der Waals surface area contributed by atoms with Gasteiger partial charge in [0.2, 0.25) is 10.0 Å². The van der Waals surface area contributed by atoms with E-state index in [0.717, 1.165) is 0 Å². The summed E-state index contributed by atoms with van der Waals surface area (Å²) in [4.78, 5) is 0.143. The van der Waals surface area contributed by atoms with Crippen LogP contribution in [0.5, 0.6) is 11.5 Å². The Kier molecular flexibility index (Phi) is 4.58. The first-order valence-corrected chi connectivity index (χ1v) is 8.38. The van der Waals surface area contributed by atoms with E-state index in [1.807, 2.05) is 0 Å². The molecule has 2 N–H and O–H groups in total. The molecule has 1 aliphatic rings. The number of hydrogen-bond acceptors (Lipinski definition) is 5. The minimum absolute atomic E-state index is 0.143. The quantitative estimate of drug-likeness (QED) is 0.867. The van der Waals surface area contributed by atoms with Crippen LogP contribution >= 0.6 is 15.9 Å². The lowest BCUT2D eigenvalue weighted by molar-refractivity contribution is 0.171. The van der Waals surface area contributed by atoms with E-state index in [0.29, 0.717) is 29.2 Å². The predicted molar refractivity (Wildman–Crippen MR) is 78.6 cm³/mol. The van der Waals surface area contributed by atoms with Crippen LogP contribution in [0.2, 0.25) is 0 Å². The molecule has 1 atom stereocenters. The summed E-state index contributed by atoms with van der Waals surface area (Å²) in [5, 5.41) is 0. The van der Waals surface area contributed by atoms with Crippen molar-refractivity contribution in [2.24, 2.45) is 5.73 Å². The number of sulfonamides is 1. The van der Waals surface area contributed by atoms with Gasteiger partial charge in [0.1, 0.15) is 18.1 Å². The highest BCUT2D eigenvalue weighted by Crippen LogP contribution is 2.38. The van der Waals surface area contributed by atoms with E-state index < -0.39 is 10.0 Å². The lowest BCUT2D eigenvalue weighted by atomic mass is 10.3. The summed E-state index contributed by atoms with van der Waals surface area (Å²) < 4.78 is 37.7. The van der Waals surface area contributed by atoms with Crippen molar-refractivity contribution in [3.05, 3.63) is 16.6 Å². The molecule has 112 valence electrons. The SMILES string of the molecule is CC(CN)N(C)S(=O)(=O)c1cc2c(cc1Br)OCCO2. The summed E-state index contributed by atoms with van der Waals surface area (Å²) in [5.74, 6) is 0.975. The highest BCUT2D eigenvalue weighted by atomic mass is 79.9. The van der Waals surface area contributed by atoms with Gasteiger partial charge in [0.05, 0.1) is 0 Å². The monoisotopic (exact) mass is 364 g/mol. The Morgan fingerprint density at radius 1 is 1.35 bits per heavy atom. The highest BCUT2D eigenvalue weighted by molar-refractivity contribution is 9.10. The molecule has 0 spiro atoms. The van der Waals surface area contributed by atoms with Crippen molar-refractivity contribution in [3.8, 4) is 11.5 Å². The molecule has 1 aromatic rings. The minimum atomic E-state index is -3.64. The number of benzene rings is 1. The van der Waals surface area contributed by atoms with Gasteiger partial charge in [0.15, 0.2) is 11.5 Å². The molecule has 0 bridgehead atoms. The Bertz CT molecular complexity index is 606. The van der Waals surface area contributed by atoms with Crippen molar-refractivity contribution >= 4 is 26.0 Å². The molecule has 0 saturated heterocycles. The smallest absolute Gasteiger partial charge is 0.244 e. The van der Waals surface area contributed by atoms with Crippen molar-refractivity contribution in [1.82, 2.24) is 4.31 Å². The van der Waals surface area contributed by atoms with Crippen molar-refractivity contribution in [3.63, 3.8) is 0 Å². The number of halogens is 1. The van der Waals surface area contributed by atoms with Gasteiger partial charge in [-0.1, -0.05) is 0 Å². The number of rotatable bonds is 4. The zero-order valence-corrected chi connectivity index (χ0v) is 13.7. The topological polar surface area (TPSA) is 81.9 Å². The van der Waals surface area contributed by atoms with Crippen LogP contribution in [0.1, 0.15) is 6.92 Å². The second-order valence-corrected chi connectivity index (χ2v) is 7.35. The van der Waals surface area contributed by atoms with Gasteiger partial charge in [-0.25, -0.2) is 8.42 Å². The first-order valence-electron chi connectivity index (χ1n) is 6.15. The number of nitrogens with two attached hydrogens (primary N) is 1. The van der Waals surface area contributed by atoms with Gasteiger partial charge in [0, 0.05) is 30.2 Å². The Balaban J connectivity index is 2.46. The maximum atomic E-state index is 12.6. The first-order chi connectivity index (χ1) is 9.37. The molecular weight excluding hydrogens is 348 g/mol. The van der Waals surface area contributed by atoms with Gasteiger partial charge in [0.25, 0.3) is 0 Å². The van der Waals surface area contributed by atoms with E-state index in [1.165, 1.54) is 17.4 Å². The van der Waals surface area contributed by atoms with Crippen molar-refractivity contribution < 1.29 is 17.9 Å². The van der Waals surface area contributed by atoms with Crippen molar-refractivity contribution in [2.45, 2.75) is 17.9 Å². The molecule has 1 unspecified atom stereocenters. The van der Waals surface area contributed by atoms with Gasteiger partial charge in [-0.3, -0.25) is 0 Å². The van der Waals surface area contributed by atoms with E-state index in [1.54, 1.807) is 13.0 Å². The van der Waals surface area contributed by atoms with Crippen LogP contribution in [0.4, 0.5) is 0 Å². The summed E-state index contributed by atoms with van der Waals surface area (Å²) in [7, 11) is -2.13. The van der Waals surface area contributed by atoms with Crippen molar-refractivity contribution in [1.29, 1.82) is 0 Å². The molecule has 0 saturated carbocycles. The van der Waals surface area contributed by atoms with Gasteiger partial charge in [-0.15, -0.1) is 0 Å². The van der Waals surface area contributed by atoms with Crippen LogP contribution in [0, 0.1) is 0 Å². The fourth-order valence-electron chi connectivity index (χ4n) is 1.78. The summed E-state index contributed by atoms with van der Waals surface area (Å²) >= 11 is 3.28. The van der Waals surface area contributed by atoms with Crippen LogP contribution in [-0.2, 0) is 10.0 Å². The van der Waals surface area contributed by atoms with Crippen LogP contribution in [0.15, 0.2) is 21.5 Å². The highest BCUT2D eigenvalue weighted by Gasteiger charge is 2.29. The minimum Gasteiger partial charge on any atom is -0.486 e. The standard InChI is InChI=1S/C12H17BrN2O4S/c1-8(7-14)15(2)20(16,17)12-6-11-10(5-9(12)13)18-3-4-19-11/h5-6,8H,3-4,7,14H2,1-2H3.